The average Bonchev–Trinajstić information content (AvgIpc) is 3.18. The van der Waals surface area contributed by atoms with E-state index >= 15 is 0 Å². The van der Waals surface area contributed by atoms with Crippen molar-refractivity contribution < 1.29 is 4.74 Å². The molecule has 0 aliphatic carbocycles. The summed E-state index contributed by atoms with van der Waals surface area (Å²) in [4.78, 5) is 4.64. The van der Waals surface area contributed by atoms with Crippen LogP contribution in [0.2, 0.25) is 0 Å². The van der Waals surface area contributed by atoms with Gasteiger partial charge < -0.3 is 4.74 Å². The molecule has 0 N–H and O–H groups in total. The van der Waals surface area contributed by atoms with Gasteiger partial charge in [-0.2, -0.15) is 10.4 Å². The number of nitriles is 1. The first-order chi connectivity index (χ1) is 14.2. The van der Waals surface area contributed by atoms with Crippen molar-refractivity contribution in [3.63, 3.8) is 0 Å². The van der Waals surface area contributed by atoms with Crippen LogP contribution in [0.3, 0.4) is 0 Å². The molecule has 2 aromatic carbocycles. The lowest BCUT2D eigenvalue weighted by molar-refractivity contribution is 0.414. The Morgan fingerprint density at radius 1 is 1.00 bits per heavy atom. The van der Waals surface area contributed by atoms with Gasteiger partial charge >= 0.3 is 0 Å². The van der Waals surface area contributed by atoms with E-state index in [-0.39, 0.29) is 6.54 Å². The smallest absolute Gasteiger partial charge is 0.128 e. The highest BCUT2D eigenvalue weighted by Crippen LogP contribution is 2.34. The van der Waals surface area contributed by atoms with Crippen molar-refractivity contribution in [2.45, 2.75) is 13.5 Å². The van der Waals surface area contributed by atoms with Gasteiger partial charge in [0.05, 0.1) is 18.9 Å². The third-order valence-electron chi connectivity index (χ3n) is 4.70. The molecule has 4 aromatic rings. The Hall–Kier alpha value is -3.91. The van der Waals surface area contributed by atoms with Crippen LogP contribution < -0.4 is 4.74 Å². The number of hydrogen-bond donors (Lipinski definition) is 0. The zero-order valence-electron chi connectivity index (χ0n) is 16.3. The molecule has 0 radical (unpaired) electrons. The maximum atomic E-state index is 9.11. The molecule has 0 aliphatic rings. The van der Waals surface area contributed by atoms with Crippen LogP contribution in [0.4, 0.5) is 0 Å². The normalized spacial score (nSPS) is 10.5. The Kier molecular flexibility index (Phi) is 5.08. The van der Waals surface area contributed by atoms with Crippen molar-refractivity contribution in [1.29, 1.82) is 5.26 Å². The number of hydrogen-bond acceptors (Lipinski definition) is 4. The minimum Gasteiger partial charge on any atom is -0.497 e. The molecule has 0 amide bonds. The van der Waals surface area contributed by atoms with Crippen molar-refractivity contribution in [2.75, 3.05) is 7.11 Å². The number of rotatable bonds is 5. The van der Waals surface area contributed by atoms with E-state index in [0.717, 1.165) is 45.0 Å². The van der Waals surface area contributed by atoms with Crippen molar-refractivity contribution >= 4 is 0 Å². The van der Waals surface area contributed by atoms with E-state index in [1.54, 1.807) is 11.8 Å². The molecular formula is C24H20N4O. The number of benzene rings is 2. The number of ether oxygens (including phenoxy) is 1. The summed E-state index contributed by atoms with van der Waals surface area (Å²) >= 11 is 0. The van der Waals surface area contributed by atoms with Gasteiger partial charge in [-0.15, -0.1) is 0 Å². The number of aromatic nitrogens is 3. The molecule has 0 unspecified atom stereocenters. The summed E-state index contributed by atoms with van der Waals surface area (Å²) in [6.45, 7) is 2.21. The fraction of sp³-hybridized carbons (Fsp3) is 0.125. The molecule has 2 heterocycles. The lowest BCUT2D eigenvalue weighted by atomic mass is 10.0. The predicted octanol–water partition coefficient (Wildman–Crippen LogP) is 5.12. The largest absolute Gasteiger partial charge is 0.497 e. The third kappa shape index (κ3) is 3.87. The Morgan fingerprint density at radius 2 is 1.83 bits per heavy atom. The first-order valence-corrected chi connectivity index (χ1v) is 9.30. The van der Waals surface area contributed by atoms with Crippen molar-refractivity contribution in [3.8, 4) is 45.5 Å². The second kappa shape index (κ2) is 7.99. The quantitative estimate of drug-likeness (QED) is 0.482. The van der Waals surface area contributed by atoms with Crippen molar-refractivity contribution in [2.24, 2.45) is 0 Å². The van der Waals surface area contributed by atoms with E-state index in [2.05, 4.69) is 22.2 Å². The molecule has 2 aromatic heterocycles. The summed E-state index contributed by atoms with van der Waals surface area (Å²) in [5.74, 6) is 0.776. The van der Waals surface area contributed by atoms with Gasteiger partial charge in [-0.1, -0.05) is 36.4 Å². The highest BCUT2D eigenvalue weighted by molar-refractivity contribution is 5.81. The van der Waals surface area contributed by atoms with E-state index in [1.807, 2.05) is 73.9 Å². The molecule has 4 rings (SSSR count). The summed E-state index contributed by atoms with van der Waals surface area (Å²) in [6.07, 6.45) is 3.75. The molecule has 0 fully saturated rings. The summed E-state index contributed by atoms with van der Waals surface area (Å²) in [6, 6.07) is 22.3. The Bertz CT molecular complexity index is 1170. The zero-order chi connectivity index (χ0) is 20.2. The molecule has 0 spiro atoms. The average molecular weight is 380 g/mol. The molecule has 29 heavy (non-hydrogen) atoms. The molecule has 142 valence electrons. The predicted molar refractivity (Wildman–Crippen MR) is 113 cm³/mol. The molecule has 0 aliphatic heterocycles. The number of pyridine rings is 1. The molecule has 0 bridgehead atoms. The number of nitrogens with zero attached hydrogens (tertiary/aromatic N) is 4. The lowest BCUT2D eigenvalue weighted by Crippen LogP contribution is -1.95. The van der Waals surface area contributed by atoms with Gasteiger partial charge in [0.2, 0.25) is 0 Å². The Balaban J connectivity index is 1.79. The van der Waals surface area contributed by atoms with Gasteiger partial charge in [-0.25, -0.2) is 0 Å². The summed E-state index contributed by atoms with van der Waals surface area (Å²) < 4.78 is 7.08. The van der Waals surface area contributed by atoms with Crippen LogP contribution in [0.25, 0.3) is 33.6 Å². The van der Waals surface area contributed by atoms with E-state index in [1.165, 1.54) is 0 Å². The van der Waals surface area contributed by atoms with Gasteiger partial charge in [-0.05, 0) is 36.8 Å². The molecule has 5 heteroatoms. The van der Waals surface area contributed by atoms with Crippen LogP contribution in [0.15, 0.2) is 73.1 Å². The van der Waals surface area contributed by atoms with Gasteiger partial charge in [0.15, 0.2) is 0 Å². The minimum absolute atomic E-state index is 0.186. The third-order valence-corrected chi connectivity index (χ3v) is 4.70. The van der Waals surface area contributed by atoms with Crippen LogP contribution >= 0.6 is 0 Å². The second-order valence-corrected chi connectivity index (χ2v) is 6.78. The van der Waals surface area contributed by atoms with Crippen LogP contribution in [0, 0.1) is 18.3 Å². The fourth-order valence-corrected chi connectivity index (χ4v) is 3.33. The fourth-order valence-electron chi connectivity index (χ4n) is 3.33. The van der Waals surface area contributed by atoms with Crippen LogP contribution in [0.5, 0.6) is 5.75 Å². The number of methoxy groups -OCH3 is 1. The highest BCUT2D eigenvalue weighted by Gasteiger charge is 2.15. The van der Waals surface area contributed by atoms with E-state index < -0.39 is 0 Å². The van der Waals surface area contributed by atoms with Gasteiger partial charge in [0, 0.05) is 34.6 Å². The van der Waals surface area contributed by atoms with Crippen molar-refractivity contribution in [1.82, 2.24) is 14.8 Å². The van der Waals surface area contributed by atoms with Gasteiger partial charge in [-0.3, -0.25) is 9.67 Å². The molecule has 0 atom stereocenters. The highest BCUT2D eigenvalue weighted by atomic mass is 16.5. The van der Waals surface area contributed by atoms with E-state index in [9.17, 15) is 0 Å². The monoisotopic (exact) mass is 380 g/mol. The minimum atomic E-state index is 0.186. The molecule has 0 saturated heterocycles. The lowest BCUT2D eigenvalue weighted by Gasteiger charge is -2.08. The van der Waals surface area contributed by atoms with Crippen LogP contribution in [0.1, 0.15) is 5.56 Å². The molecule has 0 saturated carbocycles. The second-order valence-electron chi connectivity index (χ2n) is 6.78. The Morgan fingerprint density at radius 3 is 2.52 bits per heavy atom. The maximum Gasteiger partial charge on any atom is 0.128 e. The molecular weight excluding hydrogens is 360 g/mol. The summed E-state index contributed by atoms with van der Waals surface area (Å²) in [7, 11) is 1.65. The SMILES string of the molecule is COc1cc(C)cc(-c2nn(CC#N)cc2-c2ccc(-c3ccccc3)nc2)c1. The zero-order valence-corrected chi connectivity index (χ0v) is 16.3. The summed E-state index contributed by atoms with van der Waals surface area (Å²) in [5, 5.41) is 13.8. The van der Waals surface area contributed by atoms with E-state index in [0.29, 0.717) is 0 Å². The first-order valence-electron chi connectivity index (χ1n) is 9.30. The number of aryl methyl sites for hydroxylation is 1. The van der Waals surface area contributed by atoms with Gasteiger partial charge in [0.1, 0.15) is 18.0 Å². The summed E-state index contributed by atoms with van der Waals surface area (Å²) in [5.41, 5.74) is 6.69. The van der Waals surface area contributed by atoms with E-state index in [4.69, 9.17) is 10.00 Å². The first kappa shape index (κ1) is 18.5. The van der Waals surface area contributed by atoms with Crippen molar-refractivity contribution in [3.05, 3.63) is 78.6 Å². The van der Waals surface area contributed by atoms with Gasteiger partial charge in [0.25, 0.3) is 0 Å². The molecule has 5 nitrogen and oxygen atoms in total. The Labute approximate surface area is 169 Å². The standard InChI is InChI=1S/C24H20N4O/c1-17-12-20(14-21(13-17)29-2)24-22(16-28(27-24)11-10-25)19-8-9-23(26-15-19)18-6-4-3-5-7-18/h3-9,12-16H,11H2,1-2H3. The van der Waals surface area contributed by atoms with Crippen LogP contribution in [-0.2, 0) is 6.54 Å². The maximum absolute atomic E-state index is 9.11. The van der Waals surface area contributed by atoms with Crippen LogP contribution in [-0.4, -0.2) is 21.9 Å². The topological polar surface area (TPSA) is 63.7 Å².